The van der Waals surface area contributed by atoms with Gasteiger partial charge in [-0.1, -0.05) is 12.1 Å². The first-order chi connectivity index (χ1) is 8.22. The van der Waals surface area contributed by atoms with Crippen LogP contribution in [0.25, 0.3) is 10.9 Å². The van der Waals surface area contributed by atoms with Crippen LogP contribution in [0.5, 0.6) is 0 Å². The molecular formula is C11H10N2O4. The Morgan fingerprint density at radius 1 is 1.47 bits per heavy atom. The van der Waals surface area contributed by atoms with E-state index in [1.165, 1.54) is 6.07 Å². The summed E-state index contributed by atoms with van der Waals surface area (Å²) in [6.45, 7) is 0.634. The van der Waals surface area contributed by atoms with Crippen molar-refractivity contribution in [3.05, 3.63) is 40.1 Å². The highest BCUT2D eigenvalue weighted by molar-refractivity contribution is 5.88. The normalized spacial score (nSPS) is 10.4. The molecule has 0 fully saturated rings. The van der Waals surface area contributed by atoms with Crippen LogP contribution in [-0.2, 0) is 16.0 Å². The van der Waals surface area contributed by atoms with Gasteiger partial charge in [0.2, 0.25) is 0 Å². The second-order valence-corrected chi connectivity index (χ2v) is 3.51. The summed E-state index contributed by atoms with van der Waals surface area (Å²) in [5.41, 5.74) is 1.35. The van der Waals surface area contributed by atoms with Gasteiger partial charge in [-0.2, -0.15) is 0 Å². The monoisotopic (exact) mass is 234 g/mol. The van der Waals surface area contributed by atoms with Crippen LogP contribution in [0.4, 0.5) is 5.69 Å². The van der Waals surface area contributed by atoms with Crippen LogP contribution >= 0.6 is 0 Å². The summed E-state index contributed by atoms with van der Waals surface area (Å²) in [6, 6.07) is 6.70. The van der Waals surface area contributed by atoms with Gasteiger partial charge in [0.1, 0.15) is 5.52 Å². The predicted octanol–water partition coefficient (Wildman–Crippen LogP) is 1.79. The first-order valence-electron chi connectivity index (χ1n) is 5.02. The van der Waals surface area contributed by atoms with Crippen molar-refractivity contribution in [1.82, 2.24) is 4.98 Å². The third-order valence-electron chi connectivity index (χ3n) is 2.44. The van der Waals surface area contributed by atoms with Crippen molar-refractivity contribution in [2.45, 2.75) is 6.42 Å². The minimum atomic E-state index is -0.426. The molecule has 0 spiro atoms. The van der Waals surface area contributed by atoms with Crippen LogP contribution < -0.4 is 0 Å². The zero-order valence-corrected chi connectivity index (χ0v) is 8.88. The van der Waals surface area contributed by atoms with Crippen molar-refractivity contribution in [3.8, 4) is 0 Å². The van der Waals surface area contributed by atoms with E-state index in [-0.39, 0.29) is 12.3 Å². The van der Waals surface area contributed by atoms with E-state index >= 15 is 0 Å². The van der Waals surface area contributed by atoms with E-state index in [9.17, 15) is 14.9 Å². The molecule has 1 aromatic carbocycles. The summed E-state index contributed by atoms with van der Waals surface area (Å²) in [4.78, 5) is 23.3. The average Bonchev–Trinajstić information content (AvgIpc) is 2.71. The maximum atomic E-state index is 10.8. The number of benzene rings is 1. The number of aromatic amines is 1. The Balaban J connectivity index is 2.33. The fourth-order valence-corrected chi connectivity index (χ4v) is 1.70. The third-order valence-corrected chi connectivity index (χ3v) is 2.44. The maximum Gasteiger partial charge on any atom is 0.293 e. The average molecular weight is 234 g/mol. The smallest absolute Gasteiger partial charge is 0.293 e. The van der Waals surface area contributed by atoms with Gasteiger partial charge in [0.25, 0.3) is 12.2 Å². The van der Waals surface area contributed by atoms with E-state index in [1.54, 1.807) is 12.1 Å². The Hall–Kier alpha value is -2.37. The number of aromatic nitrogens is 1. The highest BCUT2D eigenvalue weighted by Crippen LogP contribution is 2.25. The number of carbonyl (C=O) groups is 1. The molecule has 88 valence electrons. The van der Waals surface area contributed by atoms with E-state index in [4.69, 9.17) is 0 Å². The Kier molecular flexibility index (Phi) is 3.04. The lowest BCUT2D eigenvalue weighted by Gasteiger charge is -1.95. The number of nitro benzene ring substituents is 1. The molecule has 0 aliphatic rings. The molecule has 0 bridgehead atoms. The number of non-ortho nitro benzene ring substituents is 1. The molecule has 17 heavy (non-hydrogen) atoms. The zero-order valence-electron chi connectivity index (χ0n) is 8.88. The van der Waals surface area contributed by atoms with Crippen molar-refractivity contribution in [1.29, 1.82) is 0 Å². The molecule has 1 heterocycles. The number of nitrogens with zero attached hydrogens (tertiary/aromatic N) is 1. The van der Waals surface area contributed by atoms with Gasteiger partial charge in [-0.05, 0) is 6.07 Å². The second kappa shape index (κ2) is 4.65. The summed E-state index contributed by atoms with van der Waals surface area (Å²) in [5.74, 6) is 0. The van der Waals surface area contributed by atoms with Gasteiger partial charge in [0.15, 0.2) is 0 Å². The van der Waals surface area contributed by atoms with Gasteiger partial charge in [0, 0.05) is 23.6 Å². The van der Waals surface area contributed by atoms with Crippen molar-refractivity contribution in [3.63, 3.8) is 0 Å². The Morgan fingerprint density at radius 3 is 3.00 bits per heavy atom. The largest absolute Gasteiger partial charge is 0.467 e. The molecular weight excluding hydrogens is 224 g/mol. The number of hydrogen-bond donors (Lipinski definition) is 1. The first kappa shape index (κ1) is 11.1. The van der Waals surface area contributed by atoms with Crippen LogP contribution in [0.2, 0.25) is 0 Å². The summed E-state index contributed by atoms with van der Waals surface area (Å²) >= 11 is 0. The fraction of sp³-hybridized carbons (Fsp3) is 0.182. The minimum Gasteiger partial charge on any atom is -0.467 e. The summed E-state index contributed by atoms with van der Waals surface area (Å²) in [5, 5.41) is 11.6. The topological polar surface area (TPSA) is 85.2 Å². The molecule has 1 aromatic heterocycles. The Labute approximate surface area is 96.3 Å². The number of carbonyl (C=O) groups excluding carboxylic acids is 1. The number of ether oxygens (including phenoxy) is 1. The number of nitrogens with one attached hydrogen (secondary N) is 1. The fourth-order valence-electron chi connectivity index (χ4n) is 1.70. The molecule has 0 atom stereocenters. The lowest BCUT2D eigenvalue weighted by atomic mass is 10.2. The van der Waals surface area contributed by atoms with Crippen molar-refractivity contribution in [2.75, 3.05) is 6.61 Å². The van der Waals surface area contributed by atoms with Gasteiger partial charge in [-0.25, -0.2) is 0 Å². The number of H-pyrrole nitrogens is 1. The van der Waals surface area contributed by atoms with Gasteiger partial charge < -0.3 is 9.72 Å². The summed E-state index contributed by atoms with van der Waals surface area (Å²) < 4.78 is 4.58. The summed E-state index contributed by atoms with van der Waals surface area (Å²) in [7, 11) is 0. The highest BCUT2D eigenvalue weighted by Gasteiger charge is 2.13. The van der Waals surface area contributed by atoms with E-state index in [2.05, 4.69) is 9.72 Å². The Morgan fingerprint density at radius 2 is 2.29 bits per heavy atom. The Bertz CT molecular complexity index is 562. The van der Waals surface area contributed by atoms with Crippen LogP contribution in [0.1, 0.15) is 5.69 Å². The van der Waals surface area contributed by atoms with Crippen LogP contribution in [-0.4, -0.2) is 23.0 Å². The lowest BCUT2D eigenvalue weighted by Crippen LogP contribution is -1.96. The lowest BCUT2D eigenvalue weighted by molar-refractivity contribution is -0.383. The van der Waals surface area contributed by atoms with Crippen molar-refractivity contribution in [2.24, 2.45) is 0 Å². The molecule has 6 heteroatoms. The number of nitro groups is 1. The van der Waals surface area contributed by atoms with E-state index in [1.807, 2.05) is 6.07 Å². The molecule has 6 nitrogen and oxygen atoms in total. The number of hydrogen-bond acceptors (Lipinski definition) is 4. The van der Waals surface area contributed by atoms with E-state index in [0.717, 1.165) is 11.1 Å². The molecule has 0 aliphatic heterocycles. The number of fused-ring (bicyclic) bond motifs is 1. The molecule has 0 amide bonds. The summed E-state index contributed by atoms with van der Waals surface area (Å²) in [6.07, 6.45) is 0.505. The highest BCUT2D eigenvalue weighted by atomic mass is 16.6. The first-order valence-corrected chi connectivity index (χ1v) is 5.02. The van der Waals surface area contributed by atoms with Crippen LogP contribution in [0.15, 0.2) is 24.3 Å². The van der Waals surface area contributed by atoms with Gasteiger partial charge in [-0.15, -0.1) is 0 Å². The number of para-hydroxylation sites is 1. The van der Waals surface area contributed by atoms with Crippen molar-refractivity contribution < 1.29 is 14.5 Å². The maximum absolute atomic E-state index is 10.8. The third kappa shape index (κ3) is 2.25. The van der Waals surface area contributed by atoms with E-state index in [0.29, 0.717) is 18.4 Å². The molecule has 0 unspecified atom stereocenters. The van der Waals surface area contributed by atoms with Crippen LogP contribution in [0, 0.1) is 10.1 Å². The predicted molar refractivity (Wildman–Crippen MR) is 60.7 cm³/mol. The minimum absolute atomic E-state index is 0.0463. The molecule has 0 saturated carbocycles. The van der Waals surface area contributed by atoms with Crippen LogP contribution in [0.3, 0.4) is 0 Å². The molecule has 1 N–H and O–H groups in total. The number of rotatable bonds is 5. The molecule has 0 radical (unpaired) electrons. The molecule has 0 saturated heterocycles. The molecule has 2 rings (SSSR count). The second-order valence-electron chi connectivity index (χ2n) is 3.51. The standard InChI is InChI=1S/C11H10N2O4/c14-7-17-5-4-9-6-8-2-1-3-10(13(15)16)11(8)12-9/h1-3,6-7,12H,4-5H2. The van der Waals surface area contributed by atoms with Gasteiger partial charge in [0.05, 0.1) is 11.5 Å². The zero-order chi connectivity index (χ0) is 12.3. The van der Waals surface area contributed by atoms with Gasteiger partial charge in [-0.3, -0.25) is 14.9 Å². The van der Waals surface area contributed by atoms with Crippen molar-refractivity contribution >= 4 is 23.1 Å². The SMILES string of the molecule is O=COCCc1cc2cccc([N+](=O)[O-])c2[nH]1. The molecule has 2 aromatic rings. The quantitative estimate of drug-likeness (QED) is 0.370. The molecule has 0 aliphatic carbocycles. The van der Waals surface area contributed by atoms with Gasteiger partial charge >= 0.3 is 0 Å². The van der Waals surface area contributed by atoms with E-state index < -0.39 is 4.92 Å².